The summed E-state index contributed by atoms with van der Waals surface area (Å²) in [6.45, 7) is 1.93. The van der Waals surface area contributed by atoms with Crippen LogP contribution in [0.15, 0.2) is 16.7 Å². The van der Waals surface area contributed by atoms with Gasteiger partial charge in [-0.05, 0) is 6.07 Å². The Bertz CT molecular complexity index is 400. The molecule has 0 aromatic carbocycles. The van der Waals surface area contributed by atoms with Crippen LogP contribution in [0.3, 0.4) is 0 Å². The van der Waals surface area contributed by atoms with Gasteiger partial charge in [-0.15, -0.1) is 0 Å². The van der Waals surface area contributed by atoms with Crippen molar-refractivity contribution in [2.45, 2.75) is 19.4 Å². The highest BCUT2D eigenvalue weighted by Crippen LogP contribution is 2.16. The van der Waals surface area contributed by atoms with Crippen LogP contribution < -0.4 is 0 Å². The predicted molar refractivity (Wildman–Crippen MR) is 55.2 cm³/mol. The molecule has 1 saturated heterocycles. The Kier molecular flexibility index (Phi) is 3.05. The molecule has 0 amide bonds. The highest BCUT2D eigenvalue weighted by Gasteiger charge is 2.20. The second kappa shape index (κ2) is 4.49. The zero-order valence-electron chi connectivity index (χ0n) is 8.81. The van der Waals surface area contributed by atoms with E-state index >= 15 is 0 Å². The van der Waals surface area contributed by atoms with Crippen molar-refractivity contribution in [3.8, 4) is 0 Å². The van der Waals surface area contributed by atoms with Crippen molar-refractivity contribution < 1.29 is 19.1 Å². The molecule has 1 aliphatic rings. The van der Waals surface area contributed by atoms with Gasteiger partial charge in [0.15, 0.2) is 0 Å². The summed E-state index contributed by atoms with van der Waals surface area (Å²) in [5, 5.41) is 8.86. The Balaban J connectivity index is 2.01. The molecule has 1 fully saturated rings. The van der Waals surface area contributed by atoms with Crippen molar-refractivity contribution in [2.24, 2.45) is 0 Å². The molecule has 5 heteroatoms. The Morgan fingerprint density at radius 3 is 2.75 bits per heavy atom. The SMILES string of the molecule is O=C1CCN(Cc2ccoc2C(=O)O)CC1. The number of carboxylic acids is 1. The van der Waals surface area contributed by atoms with E-state index in [0.29, 0.717) is 38.0 Å². The quantitative estimate of drug-likeness (QED) is 0.832. The fraction of sp³-hybridized carbons (Fsp3) is 0.455. The fourth-order valence-corrected chi connectivity index (χ4v) is 1.85. The predicted octanol–water partition coefficient (Wildman–Crippen LogP) is 1.14. The molecule has 0 spiro atoms. The van der Waals surface area contributed by atoms with Gasteiger partial charge in [0.2, 0.25) is 5.76 Å². The lowest BCUT2D eigenvalue weighted by molar-refractivity contribution is -0.121. The summed E-state index contributed by atoms with van der Waals surface area (Å²) in [6, 6.07) is 1.67. The van der Waals surface area contributed by atoms with Crippen molar-refractivity contribution in [2.75, 3.05) is 13.1 Å². The van der Waals surface area contributed by atoms with E-state index in [-0.39, 0.29) is 11.5 Å². The van der Waals surface area contributed by atoms with Crippen molar-refractivity contribution in [3.63, 3.8) is 0 Å². The molecule has 0 saturated carbocycles. The summed E-state index contributed by atoms with van der Waals surface area (Å²) >= 11 is 0. The van der Waals surface area contributed by atoms with E-state index in [2.05, 4.69) is 4.90 Å². The third-order valence-corrected chi connectivity index (χ3v) is 2.75. The van der Waals surface area contributed by atoms with Gasteiger partial charge >= 0.3 is 5.97 Å². The minimum absolute atomic E-state index is 0.00287. The summed E-state index contributed by atoms with van der Waals surface area (Å²) < 4.78 is 4.90. The number of carbonyl (C=O) groups is 2. The number of hydrogen-bond donors (Lipinski definition) is 1. The second-order valence-corrected chi connectivity index (χ2v) is 3.89. The first-order chi connectivity index (χ1) is 7.66. The van der Waals surface area contributed by atoms with Crippen LogP contribution in [0.4, 0.5) is 0 Å². The lowest BCUT2D eigenvalue weighted by Gasteiger charge is -2.25. The van der Waals surface area contributed by atoms with Gasteiger partial charge in [0, 0.05) is 38.0 Å². The average Bonchev–Trinajstić information content (AvgIpc) is 2.69. The minimum Gasteiger partial charge on any atom is -0.475 e. The van der Waals surface area contributed by atoms with Crippen LogP contribution in [0, 0.1) is 0 Å². The van der Waals surface area contributed by atoms with E-state index in [4.69, 9.17) is 9.52 Å². The topological polar surface area (TPSA) is 70.8 Å². The molecule has 2 rings (SSSR count). The molecule has 16 heavy (non-hydrogen) atoms. The van der Waals surface area contributed by atoms with Crippen LogP contribution in [0.25, 0.3) is 0 Å². The van der Waals surface area contributed by atoms with Crippen molar-refractivity contribution >= 4 is 11.8 Å². The average molecular weight is 223 g/mol. The van der Waals surface area contributed by atoms with E-state index in [1.54, 1.807) is 6.07 Å². The number of Topliss-reactive ketones (excluding diaryl/α,β-unsaturated/α-hetero) is 1. The van der Waals surface area contributed by atoms with Crippen LogP contribution in [0.1, 0.15) is 29.0 Å². The molecule has 2 heterocycles. The van der Waals surface area contributed by atoms with Crippen LogP contribution in [-0.2, 0) is 11.3 Å². The second-order valence-electron chi connectivity index (χ2n) is 3.89. The van der Waals surface area contributed by atoms with Crippen LogP contribution >= 0.6 is 0 Å². The fourth-order valence-electron chi connectivity index (χ4n) is 1.85. The van der Waals surface area contributed by atoms with E-state index in [0.717, 1.165) is 0 Å². The van der Waals surface area contributed by atoms with Crippen molar-refractivity contribution in [3.05, 3.63) is 23.7 Å². The van der Waals surface area contributed by atoms with Crippen molar-refractivity contribution in [1.82, 2.24) is 4.90 Å². The number of piperidine rings is 1. The number of hydrogen-bond acceptors (Lipinski definition) is 4. The van der Waals surface area contributed by atoms with Gasteiger partial charge in [0.1, 0.15) is 5.78 Å². The number of furan rings is 1. The smallest absolute Gasteiger partial charge is 0.372 e. The van der Waals surface area contributed by atoms with Gasteiger partial charge in [-0.2, -0.15) is 0 Å². The molecule has 1 aromatic rings. The van der Waals surface area contributed by atoms with E-state index in [1.807, 2.05) is 0 Å². The lowest BCUT2D eigenvalue weighted by atomic mass is 10.1. The van der Waals surface area contributed by atoms with Gasteiger partial charge in [0.25, 0.3) is 0 Å². The van der Waals surface area contributed by atoms with Gasteiger partial charge in [-0.1, -0.05) is 0 Å². The molecule has 86 valence electrons. The summed E-state index contributed by atoms with van der Waals surface area (Å²) in [7, 11) is 0. The third kappa shape index (κ3) is 2.30. The Hall–Kier alpha value is -1.62. The zero-order chi connectivity index (χ0) is 11.5. The normalized spacial score (nSPS) is 17.6. The number of nitrogens with zero attached hydrogens (tertiary/aromatic N) is 1. The molecule has 1 aromatic heterocycles. The Morgan fingerprint density at radius 1 is 1.44 bits per heavy atom. The third-order valence-electron chi connectivity index (χ3n) is 2.75. The van der Waals surface area contributed by atoms with E-state index < -0.39 is 5.97 Å². The highest BCUT2D eigenvalue weighted by molar-refractivity contribution is 5.86. The maximum atomic E-state index is 11.0. The Labute approximate surface area is 92.7 Å². The molecular weight excluding hydrogens is 210 g/mol. The number of ketones is 1. The first kappa shape index (κ1) is 10.9. The lowest BCUT2D eigenvalue weighted by Crippen LogP contribution is -2.33. The summed E-state index contributed by atoms with van der Waals surface area (Å²) in [4.78, 5) is 23.9. The molecule has 0 radical (unpaired) electrons. The maximum Gasteiger partial charge on any atom is 0.372 e. The zero-order valence-corrected chi connectivity index (χ0v) is 8.81. The molecule has 0 unspecified atom stereocenters. The van der Waals surface area contributed by atoms with Gasteiger partial charge in [-0.3, -0.25) is 9.69 Å². The number of rotatable bonds is 3. The molecule has 1 N–H and O–H groups in total. The first-order valence-electron chi connectivity index (χ1n) is 5.20. The molecule has 0 atom stereocenters. The maximum absolute atomic E-state index is 11.0. The van der Waals surface area contributed by atoms with Crippen LogP contribution in [0.5, 0.6) is 0 Å². The molecular formula is C11H13NO4. The van der Waals surface area contributed by atoms with Crippen LogP contribution in [0.2, 0.25) is 0 Å². The molecule has 0 bridgehead atoms. The largest absolute Gasteiger partial charge is 0.475 e. The number of aromatic carboxylic acids is 1. The Morgan fingerprint density at radius 2 is 2.12 bits per heavy atom. The summed E-state index contributed by atoms with van der Waals surface area (Å²) in [6.07, 6.45) is 2.49. The molecule has 5 nitrogen and oxygen atoms in total. The minimum atomic E-state index is -1.05. The standard InChI is InChI=1S/C11H13NO4/c13-9-1-4-12(5-2-9)7-8-3-6-16-10(8)11(14)15/h3,6H,1-2,4-5,7H2,(H,14,15). The van der Waals surface area contributed by atoms with Gasteiger partial charge < -0.3 is 9.52 Å². The van der Waals surface area contributed by atoms with Gasteiger partial charge in [-0.25, -0.2) is 4.79 Å². The molecule has 0 aliphatic carbocycles. The first-order valence-corrected chi connectivity index (χ1v) is 5.20. The molecule has 1 aliphatic heterocycles. The number of likely N-dealkylation sites (tertiary alicyclic amines) is 1. The number of carbonyl (C=O) groups excluding carboxylic acids is 1. The van der Waals surface area contributed by atoms with E-state index in [1.165, 1.54) is 6.26 Å². The van der Waals surface area contributed by atoms with Crippen LogP contribution in [-0.4, -0.2) is 34.8 Å². The summed E-state index contributed by atoms with van der Waals surface area (Å²) in [5.74, 6) is -0.771. The van der Waals surface area contributed by atoms with Gasteiger partial charge in [0.05, 0.1) is 6.26 Å². The monoisotopic (exact) mass is 223 g/mol. The number of carboxylic acid groups (broad SMARTS) is 1. The summed E-state index contributed by atoms with van der Waals surface area (Å²) in [5.41, 5.74) is 0.668. The highest BCUT2D eigenvalue weighted by atomic mass is 16.4. The van der Waals surface area contributed by atoms with Crippen molar-refractivity contribution in [1.29, 1.82) is 0 Å². The van der Waals surface area contributed by atoms with E-state index in [9.17, 15) is 9.59 Å².